The minimum absolute atomic E-state index is 0.0617. The summed E-state index contributed by atoms with van der Waals surface area (Å²) in [6, 6.07) is 7.90. The SMILES string of the molecule is C=CC(=O)N1CC(C(=O)N2CCC(c3noc4ccccc34)CC2)C1. The molecule has 2 aromatic rings. The standard InChI is InChI=1S/C19H21N3O3/c1-2-17(23)22-11-14(12-22)19(24)21-9-7-13(8-10-21)18-15-5-3-4-6-16(15)25-20-18/h2-6,13-14H,1,7-12H2. The molecule has 0 atom stereocenters. The molecule has 2 aliphatic rings. The van der Waals surface area contributed by atoms with Crippen LogP contribution in [-0.2, 0) is 9.59 Å². The molecule has 1 aromatic carbocycles. The Balaban J connectivity index is 1.35. The predicted octanol–water partition coefficient (Wildman–Crippen LogP) is 2.18. The van der Waals surface area contributed by atoms with Gasteiger partial charge in [-0.3, -0.25) is 9.59 Å². The third kappa shape index (κ3) is 2.81. The van der Waals surface area contributed by atoms with Gasteiger partial charge in [0.05, 0.1) is 11.6 Å². The van der Waals surface area contributed by atoms with Crippen LogP contribution < -0.4 is 0 Å². The zero-order chi connectivity index (χ0) is 17.4. The van der Waals surface area contributed by atoms with Crippen LogP contribution in [0.2, 0.25) is 0 Å². The van der Waals surface area contributed by atoms with Crippen LogP contribution in [0.5, 0.6) is 0 Å². The summed E-state index contributed by atoms with van der Waals surface area (Å²) in [4.78, 5) is 27.6. The molecule has 2 aliphatic heterocycles. The second-order valence-electron chi connectivity index (χ2n) is 6.81. The summed E-state index contributed by atoms with van der Waals surface area (Å²) in [6.07, 6.45) is 3.09. The highest BCUT2D eigenvalue weighted by atomic mass is 16.5. The number of rotatable bonds is 3. The molecule has 130 valence electrons. The molecule has 6 heteroatoms. The van der Waals surface area contributed by atoms with Crippen molar-refractivity contribution in [2.45, 2.75) is 18.8 Å². The van der Waals surface area contributed by atoms with E-state index in [1.165, 1.54) is 6.08 Å². The van der Waals surface area contributed by atoms with Gasteiger partial charge in [0, 0.05) is 37.5 Å². The number of piperidine rings is 1. The van der Waals surface area contributed by atoms with Gasteiger partial charge in [-0.1, -0.05) is 23.9 Å². The lowest BCUT2D eigenvalue weighted by Crippen LogP contribution is -2.56. The number of hydrogen-bond donors (Lipinski definition) is 0. The van der Waals surface area contributed by atoms with Crippen molar-refractivity contribution in [2.24, 2.45) is 5.92 Å². The second-order valence-corrected chi connectivity index (χ2v) is 6.81. The molecule has 2 fully saturated rings. The molecule has 0 bridgehead atoms. The Labute approximate surface area is 146 Å². The van der Waals surface area contributed by atoms with E-state index in [0.29, 0.717) is 19.0 Å². The van der Waals surface area contributed by atoms with Crippen molar-refractivity contribution in [1.82, 2.24) is 15.0 Å². The van der Waals surface area contributed by atoms with Gasteiger partial charge in [0.25, 0.3) is 0 Å². The number of aromatic nitrogens is 1. The summed E-state index contributed by atoms with van der Waals surface area (Å²) in [7, 11) is 0. The van der Waals surface area contributed by atoms with Gasteiger partial charge in [0.15, 0.2) is 5.58 Å². The fourth-order valence-electron chi connectivity index (χ4n) is 3.78. The van der Waals surface area contributed by atoms with Crippen LogP contribution in [0, 0.1) is 5.92 Å². The lowest BCUT2D eigenvalue weighted by molar-refractivity contribution is -0.146. The van der Waals surface area contributed by atoms with E-state index in [1.807, 2.05) is 29.2 Å². The van der Waals surface area contributed by atoms with E-state index in [9.17, 15) is 9.59 Å². The highest BCUT2D eigenvalue weighted by molar-refractivity contribution is 5.90. The van der Waals surface area contributed by atoms with Crippen LogP contribution in [0.25, 0.3) is 11.0 Å². The highest BCUT2D eigenvalue weighted by Crippen LogP contribution is 2.33. The van der Waals surface area contributed by atoms with E-state index in [1.54, 1.807) is 4.90 Å². The minimum Gasteiger partial charge on any atom is -0.356 e. The molecular formula is C19H21N3O3. The van der Waals surface area contributed by atoms with Gasteiger partial charge >= 0.3 is 0 Å². The normalized spacial score (nSPS) is 19.0. The molecule has 0 spiro atoms. The molecule has 0 aliphatic carbocycles. The Morgan fingerprint density at radius 2 is 1.88 bits per heavy atom. The molecule has 0 saturated carbocycles. The van der Waals surface area contributed by atoms with E-state index in [-0.39, 0.29) is 17.7 Å². The van der Waals surface area contributed by atoms with Gasteiger partial charge in [-0.25, -0.2) is 0 Å². The quantitative estimate of drug-likeness (QED) is 0.804. The van der Waals surface area contributed by atoms with Crippen molar-refractivity contribution in [3.8, 4) is 0 Å². The average molecular weight is 339 g/mol. The number of fused-ring (bicyclic) bond motifs is 1. The van der Waals surface area contributed by atoms with Crippen molar-refractivity contribution < 1.29 is 14.1 Å². The van der Waals surface area contributed by atoms with Crippen molar-refractivity contribution in [2.75, 3.05) is 26.2 Å². The van der Waals surface area contributed by atoms with Crippen molar-refractivity contribution in [3.63, 3.8) is 0 Å². The van der Waals surface area contributed by atoms with Crippen LogP contribution in [0.3, 0.4) is 0 Å². The van der Waals surface area contributed by atoms with Crippen LogP contribution in [-0.4, -0.2) is 52.9 Å². The van der Waals surface area contributed by atoms with E-state index in [0.717, 1.165) is 42.6 Å². The number of likely N-dealkylation sites (tertiary alicyclic amines) is 2. The summed E-state index contributed by atoms with van der Waals surface area (Å²) in [6.45, 7) is 5.97. The van der Waals surface area contributed by atoms with Crippen LogP contribution in [0.1, 0.15) is 24.5 Å². The van der Waals surface area contributed by atoms with Crippen molar-refractivity contribution >= 4 is 22.8 Å². The number of amides is 2. The summed E-state index contributed by atoms with van der Waals surface area (Å²) in [5.41, 5.74) is 1.83. The number of benzene rings is 1. The highest BCUT2D eigenvalue weighted by Gasteiger charge is 2.38. The topological polar surface area (TPSA) is 66.7 Å². The number of carbonyl (C=O) groups excluding carboxylic acids is 2. The number of carbonyl (C=O) groups is 2. The van der Waals surface area contributed by atoms with Crippen molar-refractivity contribution in [3.05, 3.63) is 42.6 Å². The average Bonchev–Trinajstić information content (AvgIpc) is 3.04. The molecule has 2 saturated heterocycles. The monoisotopic (exact) mass is 339 g/mol. The fraction of sp³-hybridized carbons (Fsp3) is 0.421. The molecular weight excluding hydrogens is 318 g/mol. The lowest BCUT2D eigenvalue weighted by Gasteiger charge is -2.41. The van der Waals surface area contributed by atoms with E-state index >= 15 is 0 Å². The van der Waals surface area contributed by atoms with Gasteiger partial charge < -0.3 is 14.3 Å². The maximum absolute atomic E-state index is 12.6. The van der Waals surface area contributed by atoms with Gasteiger partial charge in [0.2, 0.25) is 11.8 Å². The Morgan fingerprint density at radius 3 is 2.60 bits per heavy atom. The molecule has 25 heavy (non-hydrogen) atoms. The van der Waals surface area contributed by atoms with Gasteiger partial charge in [-0.2, -0.15) is 0 Å². The van der Waals surface area contributed by atoms with Gasteiger partial charge in [-0.15, -0.1) is 0 Å². The smallest absolute Gasteiger partial charge is 0.246 e. The summed E-state index contributed by atoms with van der Waals surface area (Å²) < 4.78 is 5.41. The predicted molar refractivity (Wildman–Crippen MR) is 92.8 cm³/mol. The number of para-hydroxylation sites is 1. The molecule has 1 aromatic heterocycles. The first-order valence-corrected chi connectivity index (χ1v) is 8.72. The first-order valence-electron chi connectivity index (χ1n) is 8.72. The van der Waals surface area contributed by atoms with E-state index in [4.69, 9.17) is 4.52 Å². The number of hydrogen-bond acceptors (Lipinski definition) is 4. The van der Waals surface area contributed by atoms with Crippen LogP contribution in [0.15, 0.2) is 41.4 Å². The summed E-state index contributed by atoms with van der Waals surface area (Å²) in [5.74, 6) is 0.332. The van der Waals surface area contributed by atoms with Crippen LogP contribution in [0.4, 0.5) is 0 Å². The summed E-state index contributed by atoms with van der Waals surface area (Å²) >= 11 is 0. The lowest BCUT2D eigenvalue weighted by atomic mass is 9.90. The molecule has 2 amide bonds. The second kappa shape index (κ2) is 6.35. The number of nitrogens with zero attached hydrogens (tertiary/aromatic N) is 3. The summed E-state index contributed by atoms with van der Waals surface area (Å²) in [5, 5.41) is 5.33. The van der Waals surface area contributed by atoms with Crippen molar-refractivity contribution in [1.29, 1.82) is 0 Å². The fourth-order valence-corrected chi connectivity index (χ4v) is 3.78. The first-order chi connectivity index (χ1) is 12.2. The minimum atomic E-state index is -0.0966. The zero-order valence-electron chi connectivity index (χ0n) is 14.1. The maximum atomic E-state index is 12.6. The third-order valence-electron chi connectivity index (χ3n) is 5.32. The molecule has 0 radical (unpaired) electrons. The zero-order valence-corrected chi connectivity index (χ0v) is 14.1. The van der Waals surface area contributed by atoms with Gasteiger partial charge in [-0.05, 0) is 31.1 Å². The largest absolute Gasteiger partial charge is 0.356 e. The van der Waals surface area contributed by atoms with Crippen LogP contribution >= 0.6 is 0 Å². The first kappa shape index (κ1) is 15.9. The molecule has 3 heterocycles. The Bertz CT molecular complexity index is 814. The Morgan fingerprint density at radius 1 is 1.16 bits per heavy atom. The van der Waals surface area contributed by atoms with E-state index < -0.39 is 0 Å². The van der Waals surface area contributed by atoms with E-state index in [2.05, 4.69) is 11.7 Å². The molecule has 4 rings (SSSR count). The maximum Gasteiger partial charge on any atom is 0.246 e. The molecule has 6 nitrogen and oxygen atoms in total. The Kier molecular flexibility index (Phi) is 4.03. The van der Waals surface area contributed by atoms with Gasteiger partial charge in [0.1, 0.15) is 0 Å². The molecule has 0 unspecified atom stereocenters. The third-order valence-corrected chi connectivity index (χ3v) is 5.32. The molecule has 0 N–H and O–H groups in total. The Hall–Kier alpha value is -2.63.